The van der Waals surface area contributed by atoms with Gasteiger partial charge in [-0.1, -0.05) is 41.5 Å². The van der Waals surface area contributed by atoms with E-state index in [4.69, 9.17) is 37.9 Å². The predicted octanol–water partition coefficient (Wildman–Crippen LogP) is 7.85. The van der Waals surface area contributed by atoms with Gasteiger partial charge in [-0.05, 0) is 116 Å². The monoisotopic (exact) mass is 899 g/mol. The van der Waals surface area contributed by atoms with Crippen molar-refractivity contribution in [1.29, 1.82) is 0 Å². The van der Waals surface area contributed by atoms with Crippen LogP contribution in [0.1, 0.15) is 183 Å². The molecule has 8 atom stereocenters. The lowest BCUT2D eigenvalue weighted by Gasteiger charge is -2.27. The highest BCUT2D eigenvalue weighted by Gasteiger charge is 2.53. The first-order valence-corrected chi connectivity index (χ1v) is 22.3. The van der Waals surface area contributed by atoms with Crippen LogP contribution < -0.4 is 0 Å². The first kappa shape index (κ1) is 56.8. The Morgan fingerprint density at radius 2 is 0.984 bits per heavy atom. The molecule has 4 fully saturated rings. The van der Waals surface area contributed by atoms with Crippen LogP contribution in [0.15, 0.2) is 0 Å². The SMILES string of the molecule is CCC(C)(C)C(=O)OC1(C)CC(C)OC1=O.CCC(C)(C)C(=O)OC1CC(C)(C)OC1=O.CCC(C)C(=O)OC1(C)CC(C)(C)OC1=O.CCC(C)C(=O)OC1(C)CC(C)OC1=O. The topological polar surface area (TPSA) is 210 Å². The average Bonchev–Trinajstić information content (AvgIpc) is 3.76. The summed E-state index contributed by atoms with van der Waals surface area (Å²) in [6, 6.07) is 0. The van der Waals surface area contributed by atoms with Crippen molar-refractivity contribution in [2.75, 3.05) is 0 Å². The van der Waals surface area contributed by atoms with Crippen LogP contribution in [0.4, 0.5) is 0 Å². The smallest absolute Gasteiger partial charge is 0.351 e. The molecule has 4 saturated heterocycles. The fraction of sp³-hybridized carbons (Fsp3) is 0.830. The molecule has 4 aliphatic rings. The standard InChI is InChI=1S/3C12H20O4.C11H18O4/c1-6-11(2,3)10(14)15-8-7-12(4,5)16-9(8)13;1-6-11(3,4)9(13)16-12(5)7-8(2)15-10(12)14;1-6-8(2)9(13)15-12(5)7-11(3,4)16-10(12)14;1-5-7(2)9(12)15-11(4)6-8(3)14-10(11)13/h3*8H,6-7H2,1-5H3;7-8H,5-6H2,1-4H3. The maximum absolute atomic E-state index is 11.9. The first-order chi connectivity index (χ1) is 28.5. The molecule has 0 spiro atoms. The summed E-state index contributed by atoms with van der Waals surface area (Å²) in [5, 5.41) is 0. The number of rotatable bonds is 12. The number of hydrogen-bond donors (Lipinski definition) is 0. The number of hydrogen-bond acceptors (Lipinski definition) is 16. The van der Waals surface area contributed by atoms with Crippen molar-refractivity contribution in [3.8, 4) is 0 Å². The van der Waals surface area contributed by atoms with E-state index in [0.717, 1.165) is 0 Å². The van der Waals surface area contributed by atoms with E-state index in [9.17, 15) is 38.4 Å². The Kier molecular flexibility index (Phi) is 19.5. The number of carbonyl (C=O) groups is 8. The van der Waals surface area contributed by atoms with Gasteiger partial charge in [-0.3, -0.25) is 19.2 Å². The van der Waals surface area contributed by atoms with Gasteiger partial charge in [-0.15, -0.1) is 0 Å². The normalized spacial score (nSPS) is 29.0. The molecule has 4 heterocycles. The van der Waals surface area contributed by atoms with Gasteiger partial charge in [0.15, 0.2) is 0 Å². The highest BCUT2D eigenvalue weighted by molar-refractivity contribution is 5.87. The van der Waals surface area contributed by atoms with E-state index in [1.54, 1.807) is 62.3 Å². The minimum Gasteiger partial charge on any atom is -0.460 e. The van der Waals surface area contributed by atoms with Crippen LogP contribution >= 0.6 is 0 Å². The molecule has 4 aliphatic heterocycles. The molecule has 8 unspecified atom stereocenters. The van der Waals surface area contributed by atoms with E-state index in [0.29, 0.717) is 51.4 Å². The summed E-state index contributed by atoms with van der Waals surface area (Å²) in [6.45, 7) is 34.1. The second kappa shape index (κ2) is 21.6. The predicted molar refractivity (Wildman–Crippen MR) is 230 cm³/mol. The molecule has 0 aromatic heterocycles. The third-order valence-corrected chi connectivity index (χ3v) is 11.8. The second-order valence-corrected chi connectivity index (χ2v) is 20.5. The molecule has 63 heavy (non-hydrogen) atoms. The molecule has 0 aromatic rings. The Hall–Kier alpha value is -4.24. The zero-order valence-corrected chi connectivity index (χ0v) is 41.6. The van der Waals surface area contributed by atoms with Crippen molar-refractivity contribution < 1.29 is 76.3 Å². The first-order valence-electron chi connectivity index (χ1n) is 22.3. The van der Waals surface area contributed by atoms with Crippen molar-refractivity contribution >= 4 is 47.8 Å². The second-order valence-electron chi connectivity index (χ2n) is 20.5. The van der Waals surface area contributed by atoms with Crippen LogP contribution in [-0.2, 0) is 76.3 Å². The number of esters is 8. The lowest BCUT2D eigenvalue weighted by Crippen LogP contribution is -2.40. The lowest BCUT2D eigenvalue weighted by molar-refractivity contribution is -0.178. The molecule has 362 valence electrons. The molecular formula is C47H78O16. The van der Waals surface area contributed by atoms with Crippen molar-refractivity contribution in [2.45, 2.75) is 229 Å². The van der Waals surface area contributed by atoms with Gasteiger partial charge < -0.3 is 37.9 Å². The third-order valence-electron chi connectivity index (χ3n) is 11.8. The maximum atomic E-state index is 11.9. The number of cyclic esters (lactones) is 4. The van der Waals surface area contributed by atoms with E-state index in [2.05, 4.69) is 0 Å². The van der Waals surface area contributed by atoms with Crippen LogP contribution in [0.25, 0.3) is 0 Å². The lowest BCUT2D eigenvalue weighted by atomic mass is 9.90. The Balaban J connectivity index is 0.000000420. The molecule has 0 radical (unpaired) electrons. The van der Waals surface area contributed by atoms with Gasteiger partial charge in [0.05, 0.1) is 22.7 Å². The van der Waals surface area contributed by atoms with Crippen molar-refractivity contribution in [1.82, 2.24) is 0 Å². The molecule has 16 nitrogen and oxygen atoms in total. The largest absolute Gasteiger partial charge is 0.460 e. The summed E-state index contributed by atoms with van der Waals surface area (Å²) in [7, 11) is 0. The number of ether oxygens (including phenoxy) is 8. The Bertz CT molecular complexity index is 1680. The fourth-order valence-electron chi connectivity index (χ4n) is 6.38. The highest BCUT2D eigenvalue weighted by atomic mass is 16.6. The van der Waals surface area contributed by atoms with E-state index in [1.165, 1.54) is 0 Å². The summed E-state index contributed by atoms with van der Waals surface area (Å²) in [5.41, 5.74) is -5.50. The summed E-state index contributed by atoms with van der Waals surface area (Å²) >= 11 is 0. The summed E-state index contributed by atoms with van der Waals surface area (Å²) in [5.74, 6) is -3.48. The van der Waals surface area contributed by atoms with E-state index in [1.807, 2.05) is 69.2 Å². The zero-order valence-electron chi connectivity index (χ0n) is 41.6. The summed E-state index contributed by atoms with van der Waals surface area (Å²) in [6.07, 6.45) is 3.36. The Morgan fingerprint density at radius 1 is 0.587 bits per heavy atom. The van der Waals surface area contributed by atoms with Gasteiger partial charge in [0.1, 0.15) is 23.4 Å². The highest BCUT2D eigenvalue weighted by Crippen LogP contribution is 2.37. The summed E-state index contributed by atoms with van der Waals surface area (Å²) in [4.78, 5) is 93.0. The van der Waals surface area contributed by atoms with Gasteiger partial charge in [-0.2, -0.15) is 0 Å². The van der Waals surface area contributed by atoms with Gasteiger partial charge in [-0.25, -0.2) is 19.2 Å². The van der Waals surface area contributed by atoms with Crippen molar-refractivity contribution in [2.24, 2.45) is 22.7 Å². The third kappa shape index (κ3) is 16.1. The zero-order chi connectivity index (χ0) is 49.3. The number of carbonyl (C=O) groups excluding carboxylic acids is 8. The van der Waals surface area contributed by atoms with Gasteiger partial charge in [0, 0.05) is 25.7 Å². The van der Waals surface area contributed by atoms with Crippen molar-refractivity contribution in [3.05, 3.63) is 0 Å². The molecule has 16 heteroatoms. The van der Waals surface area contributed by atoms with Crippen LogP contribution in [0, 0.1) is 22.7 Å². The van der Waals surface area contributed by atoms with Crippen LogP contribution in [0.2, 0.25) is 0 Å². The Morgan fingerprint density at radius 3 is 1.30 bits per heavy atom. The summed E-state index contributed by atoms with van der Waals surface area (Å²) < 4.78 is 41.3. The van der Waals surface area contributed by atoms with E-state index in [-0.39, 0.29) is 47.9 Å². The minimum absolute atomic E-state index is 0.174. The van der Waals surface area contributed by atoms with Gasteiger partial charge in [0.25, 0.3) is 0 Å². The molecule has 4 rings (SSSR count). The minimum atomic E-state index is -1.12. The molecule has 0 N–H and O–H groups in total. The van der Waals surface area contributed by atoms with E-state index < -0.39 is 68.8 Å². The van der Waals surface area contributed by atoms with Crippen molar-refractivity contribution in [3.63, 3.8) is 0 Å². The molecule has 0 amide bonds. The quantitative estimate of drug-likeness (QED) is 0.135. The fourth-order valence-corrected chi connectivity index (χ4v) is 6.38. The molecule has 0 aliphatic carbocycles. The van der Waals surface area contributed by atoms with Crippen LogP contribution in [0.3, 0.4) is 0 Å². The molecular weight excluding hydrogens is 821 g/mol. The van der Waals surface area contributed by atoms with Gasteiger partial charge in [0.2, 0.25) is 22.9 Å². The Labute approximate surface area is 375 Å². The van der Waals surface area contributed by atoms with Gasteiger partial charge >= 0.3 is 47.8 Å². The molecule has 0 saturated carbocycles. The average molecular weight is 899 g/mol. The van der Waals surface area contributed by atoms with Crippen LogP contribution in [0.5, 0.6) is 0 Å². The maximum Gasteiger partial charge on any atom is 0.351 e. The van der Waals surface area contributed by atoms with E-state index >= 15 is 0 Å². The molecule has 0 bridgehead atoms. The van der Waals surface area contributed by atoms with Crippen LogP contribution in [-0.4, -0.2) is 94.1 Å². The molecule has 0 aromatic carbocycles.